The molecular weight excluding hydrogens is 350 g/mol. The Labute approximate surface area is 157 Å². The summed E-state index contributed by atoms with van der Waals surface area (Å²) >= 11 is 0. The van der Waals surface area contributed by atoms with Crippen molar-refractivity contribution >= 4 is 29.1 Å². The predicted octanol–water partition coefficient (Wildman–Crippen LogP) is 2.65. The van der Waals surface area contributed by atoms with Crippen molar-refractivity contribution in [3.05, 3.63) is 33.9 Å². The molecule has 2 aliphatic rings. The SMILES string of the molecule is Cc1ccc([N+](=O)[O-])cc1NC(=O)CN1C(=O)C2CCC(C)(C1=O)C2(C)C. The quantitative estimate of drug-likeness (QED) is 0.496. The molecule has 2 bridgehead atoms. The maximum Gasteiger partial charge on any atom is 0.271 e. The van der Waals surface area contributed by atoms with E-state index in [-0.39, 0.29) is 30.0 Å². The summed E-state index contributed by atoms with van der Waals surface area (Å²) in [6.45, 7) is 7.05. The number of nitrogens with one attached hydrogen (secondary N) is 1. The van der Waals surface area contributed by atoms with Gasteiger partial charge in [-0.15, -0.1) is 0 Å². The second-order valence-electron chi connectivity index (χ2n) is 8.18. The van der Waals surface area contributed by atoms with Gasteiger partial charge in [-0.2, -0.15) is 0 Å². The van der Waals surface area contributed by atoms with Crippen molar-refractivity contribution in [2.75, 3.05) is 11.9 Å². The van der Waals surface area contributed by atoms with E-state index in [0.29, 0.717) is 24.1 Å². The molecule has 1 aliphatic carbocycles. The first kappa shape index (κ1) is 19.0. The Bertz CT molecular complexity index is 863. The summed E-state index contributed by atoms with van der Waals surface area (Å²) in [6, 6.07) is 4.15. The maximum absolute atomic E-state index is 13.0. The second-order valence-corrected chi connectivity index (χ2v) is 8.18. The molecule has 8 nitrogen and oxygen atoms in total. The number of nitro groups is 1. The number of piperidine rings is 1. The van der Waals surface area contributed by atoms with Crippen LogP contribution in [0.5, 0.6) is 0 Å². The van der Waals surface area contributed by atoms with Crippen LogP contribution in [-0.4, -0.2) is 34.1 Å². The number of rotatable bonds is 4. The minimum absolute atomic E-state index is 0.145. The molecule has 1 saturated carbocycles. The number of amides is 3. The van der Waals surface area contributed by atoms with Crippen molar-refractivity contribution in [2.45, 2.75) is 40.5 Å². The largest absolute Gasteiger partial charge is 0.324 e. The molecule has 3 amide bonds. The summed E-state index contributed by atoms with van der Waals surface area (Å²) in [5, 5.41) is 13.5. The highest BCUT2D eigenvalue weighted by Gasteiger charge is 2.64. The topological polar surface area (TPSA) is 110 Å². The van der Waals surface area contributed by atoms with E-state index < -0.39 is 21.7 Å². The summed E-state index contributed by atoms with van der Waals surface area (Å²) in [6.07, 6.45) is 1.26. The van der Waals surface area contributed by atoms with Crippen molar-refractivity contribution in [2.24, 2.45) is 16.7 Å². The molecule has 1 aliphatic heterocycles. The van der Waals surface area contributed by atoms with Gasteiger partial charge >= 0.3 is 0 Å². The van der Waals surface area contributed by atoms with Crippen LogP contribution in [0, 0.1) is 33.8 Å². The Hall–Kier alpha value is -2.77. The summed E-state index contributed by atoms with van der Waals surface area (Å²) in [5.74, 6) is -1.47. The number of hydrogen-bond donors (Lipinski definition) is 1. The number of fused-ring (bicyclic) bond motifs is 2. The molecule has 144 valence electrons. The lowest BCUT2D eigenvalue weighted by molar-refractivity contribution is -0.384. The Balaban J connectivity index is 1.79. The lowest BCUT2D eigenvalue weighted by Gasteiger charge is -2.47. The molecule has 2 atom stereocenters. The zero-order valence-corrected chi connectivity index (χ0v) is 15.9. The fourth-order valence-electron chi connectivity index (χ4n) is 4.24. The van der Waals surface area contributed by atoms with Gasteiger partial charge in [-0.1, -0.05) is 26.8 Å². The number of aryl methyl sites for hydroxylation is 1. The van der Waals surface area contributed by atoms with E-state index in [9.17, 15) is 24.5 Å². The Morgan fingerprint density at radius 1 is 1.33 bits per heavy atom. The zero-order valence-electron chi connectivity index (χ0n) is 15.9. The third-order valence-corrected chi connectivity index (χ3v) is 6.52. The molecule has 8 heteroatoms. The fourth-order valence-corrected chi connectivity index (χ4v) is 4.24. The van der Waals surface area contributed by atoms with Crippen LogP contribution < -0.4 is 5.32 Å². The van der Waals surface area contributed by atoms with Crippen LogP contribution in [0.3, 0.4) is 0 Å². The summed E-state index contributed by atoms with van der Waals surface area (Å²) in [4.78, 5) is 49.7. The first-order chi connectivity index (χ1) is 12.5. The first-order valence-corrected chi connectivity index (χ1v) is 8.90. The minimum Gasteiger partial charge on any atom is -0.324 e. The van der Waals surface area contributed by atoms with E-state index in [1.54, 1.807) is 6.92 Å². The van der Waals surface area contributed by atoms with Gasteiger partial charge in [0, 0.05) is 18.1 Å². The molecule has 0 radical (unpaired) electrons. The lowest BCUT2D eigenvalue weighted by Crippen LogP contribution is -2.60. The van der Waals surface area contributed by atoms with E-state index in [1.165, 1.54) is 18.2 Å². The Morgan fingerprint density at radius 2 is 2.00 bits per heavy atom. The number of anilines is 1. The van der Waals surface area contributed by atoms with Gasteiger partial charge in [-0.05, 0) is 30.7 Å². The number of benzene rings is 1. The van der Waals surface area contributed by atoms with Gasteiger partial charge < -0.3 is 5.32 Å². The molecule has 1 aromatic carbocycles. The summed E-state index contributed by atoms with van der Waals surface area (Å²) < 4.78 is 0. The van der Waals surface area contributed by atoms with Crippen LogP contribution >= 0.6 is 0 Å². The minimum atomic E-state index is -0.673. The van der Waals surface area contributed by atoms with Crippen LogP contribution in [0.2, 0.25) is 0 Å². The van der Waals surface area contributed by atoms with Crippen LogP contribution in [-0.2, 0) is 14.4 Å². The number of carbonyl (C=O) groups excluding carboxylic acids is 3. The van der Waals surface area contributed by atoms with Crippen molar-refractivity contribution in [1.29, 1.82) is 0 Å². The standard InChI is InChI=1S/C19H23N3O5/c1-11-5-6-12(22(26)27)9-14(11)20-15(23)10-21-16(24)13-7-8-19(4,17(21)25)18(13,2)3/h5-6,9,13H,7-8,10H2,1-4H3,(H,20,23). The highest BCUT2D eigenvalue weighted by molar-refractivity contribution is 6.07. The Kier molecular flexibility index (Phi) is 4.32. The number of nitrogens with zero attached hydrogens (tertiary/aromatic N) is 2. The first-order valence-electron chi connectivity index (χ1n) is 8.90. The van der Waals surface area contributed by atoms with Gasteiger partial charge in [0.15, 0.2) is 0 Å². The molecule has 2 fully saturated rings. The number of hydrogen-bond acceptors (Lipinski definition) is 5. The molecule has 3 rings (SSSR count). The molecular formula is C19H23N3O5. The lowest BCUT2D eigenvalue weighted by atomic mass is 9.62. The Morgan fingerprint density at radius 3 is 2.63 bits per heavy atom. The van der Waals surface area contributed by atoms with Crippen molar-refractivity contribution < 1.29 is 19.3 Å². The van der Waals surface area contributed by atoms with Gasteiger partial charge in [0.1, 0.15) is 6.54 Å². The normalized spacial score (nSPS) is 26.2. The van der Waals surface area contributed by atoms with Crippen molar-refractivity contribution in [3.63, 3.8) is 0 Å². The van der Waals surface area contributed by atoms with E-state index in [1.807, 2.05) is 20.8 Å². The summed E-state index contributed by atoms with van der Waals surface area (Å²) in [7, 11) is 0. The van der Waals surface area contributed by atoms with Crippen LogP contribution in [0.25, 0.3) is 0 Å². The van der Waals surface area contributed by atoms with Crippen LogP contribution in [0.15, 0.2) is 18.2 Å². The van der Waals surface area contributed by atoms with Gasteiger partial charge in [-0.3, -0.25) is 29.4 Å². The van der Waals surface area contributed by atoms with Gasteiger partial charge in [0.25, 0.3) is 5.69 Å². The number of nitro benzene ring substituents is 1. The van der Waals surface area contributed by atoms with E-state index in [4.69, 9.17) is 0 Å². The van der Waals surface area contributed by atoms with E-state index >= 15 is 0 Å². The van der Waals surface area contributed by atoms with Crippen molar-refractivity contribution in [1.82, 2.24) is 4.90 Å². The van der Waals surface area contributed by atoms with Gasteiger partial charge in [0.2, 0.25) is 17.7 Å². The molecule has 1 heterocycles. The number of likely N-dealkylation sites (tertiary alicyclic amines) is 1. The average molecular weight is 373 g/mol. The molecule has 2 unspecified atom stereocenters. The van der Waals surface area contributed by atoms with Gasteiger partial charge in [-0.25, -0.2) is 0 Å². The monoisotopic (exact) mass is 373 g/mol. The highest BCUT2D eigenvalue weighted by Crippen LogP contribution is 2.59. The third kappa shape index (κ3) is 2.79. The van der Waals surface area contributed by atoms with Gasteiger partial charge in [0.05, 0.1) is 16.0 Å². The average Bonchev–Trinajstić information content (AvgIpc) is 2.78. The zero-order chi connectivity index (χ0) is 20.1. The van der Waals surface area contributed by atoms with Crippen LogP contribution in [0.1, 0.15) is 39.2 Å². The maximum atomic E-state index is 13.0. The number of non-ortho nitro benzene ring substituents is 1. The molecule has 0 aromatic heterocycles. The molecule has 27 heavy (non-hydrogen) atoms. The highest BCUT2D eigenvalue weighted by atomic mass is 16.6. The van der Waals surface area contributed by atoms with Crippen molar-refractivity contribution in [3.8, 4) is 0 Å². The molecule has 1 saturated heterocycles. The number of carbonyl (C=O) groups is 3. The van der Waals surface area contributed by atoms with Crippen LogP contribution in [0.4, 0.5) is 11.4 Å². The number of imide groups is 1. The van der Waals surface area contributed by atoms with E-state index in [0.717, 1.165) is 4.90 Å². The van der Waals surface area contributed by atoms with E-state index in [2.05, 4.69) is 5.32 Å². The smallest absolute Gasteiger partial charge is 0.271 e. The fraction of sp³-hybridized carbons (Fsp3) is 0.526. The third-order valence-electron chi connectivity index (χ3n) is 6.52. The molecule has 1 aromatic rings. The molecule has 0 spiro atoms. The summed E-state index contributed by atoms with van der Waals surface area (Å²) in [5.41, 5.74) is -0.315. The molecule has 1 N–H and O–H groups in total. The second kappa shape index (κ2) is 6.14. The predicted molar refractivity (Wildman–Crippen MR) is 97.8 cm³/mol.